The van der Waals surface area contributed by atoms with Crippen LogP contribution in [0.1, 0.15) is 10.5 Å². The maximum absolute atomic E-state index is 10.7. The minimum atomic E-state index is -1.10. The van der Waals surface area contributed by atoms with Crippen LogP contribution in [0, 0.1) is 0 Å². The van der Waals surface area contributed by atoms with Gasteiger partial charge < -0.3 is 14.6 Å². The summed E-state index contributed by atoms with van der Waals surface area (Å²) in [6, 6.07) is 8.47. The Morgan fingerprint density at radius 1 is 1.05 bits per heavy atom. The number of carbonyl (C=O) groups is 1. The molecule has 0 saturated heterocycles. The molecule has 1 aromatic carbocycles. The van der Waals surface area contributed by atoms with Crippen LogP contribution in [0.5, 0.6) is 11.5 Å². The van der Waals surface area contributed by atoms with Gasteiger partial charge in [-0.1, -0.05) is 0 Å². The third kappa shape index (κ3) is 2.20. The van der Waals surface area contributed by atoms with E-state index in [2.05, 4.69) is 10.2 Å². The summed E-state index contributed by atoms with van der Waals surface area (Å²) in [7, 11) is 0. The van der Waals surface area contributed by atoms with Gasteiger partial charge in [-0.2, -0.15) is 0 Å². The largest absolute Gasteiger partial charge is 0.486 e. The zero-order valence-corrected chi connectivity index (χ0v) is 9.87. The first-order chi connectivity index (χ1) is 9.24. The number of hydrogen-bond donors (Lipinski definition) is 1. The third-order valence-electron chi connectivity index (χ3n) is 2.72. The minimum absolute atomic E-state index is 0.0821. The van der Waals surface area contributed by atoms with E-state index < -0.39 is 5.97 Å². The standard InChI is InChI=1S/C13H10N2O4/c16-13(17)10-3-2-9(14-15-10)8-1-4-11-12(7-8)19-6-5-18-11/h1-4,7H,5-6H2,(H,16,17). The number of rotatable bonds is 2. The van der Waals surface area contributed by atoms with Crippen molar-refractivity contribution in [1.29, 1.82) is 0 Å². The van der Waals surface area contributed by atoms with Gasteiger partial charge >= 0.3 is 5.97 Å². The fourth-order valence-corrected chi connectivity index (χ4v) is 1.80. The molecule has 1 aromatic heterocycles. The second kappa shape index (κ2) is 4.56. The highest BCUT2D eigenvalue weighted by atomic mass is 16.6. The molecule has 0 unspecified atom stereocenters. The zero-order valence-electron chi connectivity index (χ0n) is 9.87. The molecule has 0 bridgehead atoms. The highest BCUT2D eigenvalue weighted by Gasteiger charge is 2.13. The number of ether oxygens (including phenoxy) is 2. The molecule has 96 valence electrons. The summed E-state index contributed by atoms with van der Waals surface area (Å²) in [5, 5.41) is 16.3. The van der Waals surface area contributed by atoms with E-state index in [4.69, 9.17) is 14.6 Å². The van der Waals surface area contributed by atoms with Gasteiger partial charge in [-0.15, -0.1) is 10.2 Å². The molecule has 0 aliphatic carbocycles. The lowest BCUT2D eigenvalue weighted by molar-refractivity contribution is 0.0689. The molecule has 0 radical (unpaired) electrons. The smallest absolute Gasteiger partial charge is 0.356 e. The minimum Gasteiger partial charge on any atom is -0.486 e. The van der Waals surface area contributed by atoms with E-state index in [1.165, 1.54) is 6.07 Å². The van der Waals surface area contributed by atoms with Crippen molar-refractivity contribution in [2.75, 3.05) is 13.2 Å². The van der Waals surface area contributed by atoms with Gasteiger partial charge in [-0.3, -0.25) is 0 Å². The van der Waals surface area contributed by atoms with Crippen LogP contribution in [-0.2, 0) is 0 Å². The molecule has 6 nitrogen and oxygen atoms in total. The quantitative estimate of drug-likeness (QED) is 0.881. The monoisotopic (exact) mass is 258 g/mol. The lowest BCUT2D eigenvalue weighted by atomic mass is 10.1. The highest BCUT2D eigenvalue weighted by Crippen LogP contribution is 2.33. The number of carboxylic acid groups (broad SMARTS) is 1. The van der Waals surface area contributed by atoms with Gasteiger partial charge in [-0.05, 0) is 30.3 Å². The molecular weight excluding hydrogens is 248 g/mol. The van der Waals surface area contributed by atoms with Gasteiger partial charge in [-0.25, -0.2) is 4.79 Å². The van der Waals surface area contributed by atoms with Crippen molar-refractivity contribution >= 4 is 5.97 Å². The van der Waals surface area contributed by atoms with Crippen molar-refractivity contribution in [1.82, 2.24) is 10.2 Å². The molecule has 1 N–H and O–H groups in total. The second-order valence-corrected chi connectivity index (χ2v) is 3.97. The van der Waals surface area contributed by atoms with Crippen molar-refractivity contribution in [2.24, 2.45) is 0 Å². The molecule has 0 amide bonds. The summed E-state index contributed by atoms with van der Waals surface area (Å²) in [5.41, 5.74) is 1.30. The average molecular weight is 258 g/mol. The summed E-state index contributed by atoms with van der Waals surface area (Å²) >= 11 is 0. The van der Waals surface area contributed by atoms with Gasteiger partial charge in [0.15, 0.2) is 17.2 Å². The SMILES string of the molecule is O=C(O)c1ccc(-c2ccc3c(c2)OCCO3)nn1. The van der Waals surface area contributed by atoms with Gasteiger partial charge in [0.2, 0.25) is 0 Å². The zero-order chi connectivity index (χ0) is 13.2. The van der Waals surface area contributed by atoms with Crippen LogP contribution in [0.3, 0.4) is 0 Å². The number of fused-ring (bicyclic) bond motifs is 1. The summed E-state index contributed by atoms with van der Waals surface area (Å²) < 4.78 is 10.9. The molecule has 6 heteroatoms. The highest BCUT2D eigenvalue weighted by molar-refractivity contribution is 5.85. The van der Waals surface area contributed by atoms with Crippen LogP contribution < -0.4 is 9.47 Å². The Morgan fingerprint density at radius 2 is 1.84 bits per heavy atom. The van der Waals surface area contributed by atoms with Crippen LogP contribution in [-0.4, -0.2) is 34.5 Å². The van der Waals surface area contributed by atoms with E-state index in [0.717, 1.165) is 5.56 Å². The molecule has 2 aromatic rings. The Kier molecular flexibility index (Phi) is 2.75. The Balaban J connectivity index is 1.95. The molecule has 0 saturated carbocycles. The molecule has 1 aliphatic rings. The van der Waals surface area contributed by atoms with Crippen LogP contribution >= 0.6 is 0 Å². The number of nitrogens with zero attached hydrogens (tertiary/aromatic N) is 2. The van der Waals surface area contributed by atoms with Crippen LogP contribution in [0.25, 0.3) is 11.3 Å². The predicted molar refractivity (Wildman–Crippen MR) is 65.4 cm³/mol. The Morgan fingerprint density at radius 3 is 2.53 bits per heavy atom. The maximum Gasteiger partial charge on any atom is 0.356 e. The number of hydrogen-bond acceptors (Lipinski definition) is 5. The van der Waals surface area contributed by atoms with E-state index in [1.54, 1.807) is 18.2 Å². The van der Waals surface area contributed by atoms with Crippen LogP contribution in [0.4, 0.5) is 0 Å². The first-order valence-electron chi connectivity index (χ1n) is 5.71. The maximum atomic E-state index is 10.7. The molecule has 2 heterocycles. The van der Waals surface area contributed by atoms with Crippen molar-refractivity contribution < 1.29 is 19.4 Å². The number of carboxylic acids is 1. The third-order valence-corrected chi connectivity index (χ3v) is 2.72. The second-order valence-electron chi connectivity index (χ2n) is 3.97. The van der Waals surface area contributed by atoms with Gasteiger partial charge in [0, 0.05) is 5.56 Å². The fourth-order valence-electron chi connectivity index (χ4n) is 1.80. The summed E-state index contributed by atoms with van der Waals surface area (Å²) in [6.45, 7) is 1.06. The molecule has 0 spiro atoms. The Hall–Kier alpha value is -2.63. The molecule has 1 aliphatic heterocycles. The van der Waals surface area contributed by atoms with Crippen LogP contribution in [0.2, 0.25) is 0 Å². The topological polar surface area (TPSA) is 81.5 Å². The summed E-state index contributed by atoms with van der Waals surface area (Å²) in [6.07, 6.45) is 0. The van der Waals surface area contributed by atoms with E-state index in [-0.39, 0.29) is 5.69 Å². The molecular formula is C13H10N2O4. The number of benzene rings is 1. The van der Waals surface area contributed by atoms with E-state index in [0.29, 0.717) is 30.4 Å². The Bertz CT molecular complexity index is 625. The lowest BCUT2D eigenvalue weighted by Gasteiger charge is -2.18. The number of aromatic nitrogens is 2. The number of aromatic carboxylic acids is 1. The van der Waals surface area contributed by atoms with E-state index in [1.807, 2.05) is 6.07 Å². The molecule has 0 fully saturated rings. The van der Waals surface area contributed by atoms with Crippen molar-refractivity contribution in [3.05, 3.63) is 36.0 Å². The normalized spacial score (nSPS) is 13.1. The first kappa shape index (κ1) is 11.5. The van der Waals surface area contributed by atoms with Gasteiger partial charge in [0.05, 0.1) is 5.69 Å². The Labute approximate surface area is 108 Å². The van der Waals surface area contributed by atoms with Gasteiger partial charge in [0.1, 0.15) is 13.2 Å². The lowest BCUT2D eigenvalue weighted by Crippen LogP contribution is -2.15. The molecule has 19 heavy (non-hydrogen) atoms. The van der Waals surface area contributed by atoms with Gasteiger partial charge in [0.25, 0.3) is 0 Å². The first-order valence-corrected chi connectivity index (χ1v) is 5.71. The molecule has 3 rings (SSSR count). The summed E-state index contributed by atoms with van der Waals surface area (Å²) in [5.74, 6) is 0.263. The van der Waals surface area contributed by atoms with Crippen molar-refractivity contribution in [2.45, 2.75) is 0 Å². The summed E-state index contributed by atoms with van der Waals surface area (Å²) in [4.78, 5) is 10.7. The average Bonchev–Trinajstić information content (AvgIpc) is 2.47. The molecule has 0 atom stereocenters. The van der Waals surface area contributed by atoms with Crippen molar-refractivity contribution in [3.63, 3.8) is 0 Å². The predicted octanol–water partition coefficient (Wildman–Crippen LogP) is 1.61. The van der Waals surface area contributed by atoms with E-state index >= 15 is 0 Å². The van der Waals surface area contributed by atoms with Crippen LogP contribution in [0.15, 0.2) is 30.3 Å². The fraction of sp³-hybridized carbons (Fsp3) is 0.154. The van der Waals surface area contributed by atoms with Crippen molar-refractivity contribution in [3.8, 4) is 22.8 Å². The van der Waals surface area contributed by atoms with E-state index in [9.17, 15) is 4.79 Å².